The first-order chi connectivity index (χ1) is 9.11. The molecule has 0 radical (unpaired) electrons. The number of benzene rings is 1. The van der Waals surface area contributed by atoms with Crippen molar-refractivity contribution in [2.24, 2.45) is 0 Å². The Labute approximate surface area is 122 Å². The SMILES string of the molecule is CCNC(Cc1cccc(Cl)c1F)c1ccc(C)s1. The monoisotopic (exact) mass is 297 g/mol. The van der Waals surface area contributed by atoms with Crippen LogP contribution >= 0.6 is 22.9 Å². The van der Waals surface area contributed by atoms with E-state index in [2.05, 4.69) is 31.3 Å². The molecule has 1 atom stereocenters. The lowest BCUT2D eigenvalue weighted by atomic mass is 10.0. The van der Waals surface area contributed by atoms with Crippen LogP contribution < -0.4 is 5.32 Å². The van der Waals surface area contributed by atoms with Crippen molar-refractivity contribution in [2.75, 3.05) is 6.54 Å². The van der Waals surface area contributed by atoms with Gasteiger partial charge in [-0.05, 0) is 43.7 Å². The Morgan fingerprint density at radius 2 is 2.11 bits per heavy atom. The number of halogens is 2. The highest BCUT2D eigenvalue weighted by atomic mass is 35.5. The van der Waals surface area contributed by atoms with E-state index in [9.17, 15) is 4.39 Å². The van der Waals surface area contributed by atoms with Crippen LogP contribution in [-0.4, -0.2) is 6.54 Å². The standard InChI is InChI=1S/C15H17ClFNS/c1-3-18-13(14-8-7-10(2)19-14)9-11-5-4-6-12(16)15(11)17/h4-8,13,18H,3,9H2,1-2H3. The fourth-order valence-electron chi connectivity index (χ4n) is 2.09. The van der Waals surface area contributed by atoms with E-state index in [1.807, 2.05) is 0 Å². The lowest BCUT2D eigenvalue weighted by Gasteiger charge is -2.17. The van der Waals surface area contributed by atoms with E-state index < -0.39 is 0 Å². The summed E-state index contributed by atoms with van der Waals surface area (Å²) in [7, 11) is 0. The maximum atomic E-state index is 14.0. The van der Waals surface area contributed by atoms with E-state index in [0.717, 1.165) is 6.54 Å². The Morgan fingerprint density at radius 1 is 1.32 bits per heavy atom. The topological polar surface area (TPSA) is 12.0 Å². The van der Waals surface area contributed by atoms with Crippen molar-refractivity contribution in [3.05, 3.63) is 56.5 Å². The predicted octanol–water partition coefficient (Wildman–Crippen LogP) is 4.74. The number of hydrogen-bond donors (Lipinski definition) is 1. The lowest BCUT2D eigenvalue weighted by molar-refractivity contribution is 0.534. The zero-order valence-electron chi connectivity index (χ0n) is 11.0. The Kier molecular flexibility index (Phi) is 4.97. The van der Waals surface area contributed by atoms with Crippen LogP contribution in [0, 0.1) is 12.7 Å². The second-order valence-corrected chi connectivity index (χ2v) is 6.20. The number of rotatable bonds is 5. The van der Waals surface area contributed by atoms with E-state index in [-0.39, 0.29) is 16.9 Å². The van der Waals surface area contributed by atoms with E-state index in [1.165, 1.54) is 9.75 Å². The van der Waals surface area contributed by atoms with Crippen LogP contribution in [0.2, 0.25) is 5.02 Å². The molecule has 1 aromatic heterocycles. The van der Waals surface area contributed by atoms with Crippen LogP contribution in [0.1, 0.15) is 28.3 Å². The van der Waals surface area contributed by atoms with Crippen molar-refractivity contribution in [2.45, 2.75) is 26.3 Å². The van der Waals surface area contributed by atoms with Crippen molar-refractivity contribution in [1.29, 1.82) is 0 Å². The van der Waals surface area contributed by atoms with Gasteiger partial charge in [-0.25, -0.2) is 4.39 Å². The van der Waals surface area contributed by atoms with Gasteiger partial charge in [0.25, 0.3) is 0 Å². The molecule has 0 amide bonds. The first-order valence-electron chi connectivity index (χ1n) is 6.34. The number of hydrogen-bond acceptors (Lipinski definition) is 2. The quantitative estimate of drug-likeness (QED) is 0.840. The van der Waals surface area contributed by atoms with Crippen molar-refractivity contribution in [1.82, 2.24) is 5.32 Å². The molecule has 0 aliphatic heterocycles. The van der Waals surface area contributed by atoms with Gasteiger partial charge in [-0.3, -0.25) is 0 Å². The number of aryl methyl sites for hydroxylation is 1. The maximum absolute atomic E-state index is 14.0. The van der Waals surface area contributed by atoms with Crippen molar-refractivity contribution in [3.8, 4) is 0 Å². The smallest absolute Gasteiger partial charge is 0.145 e. The van der Waals surface area contributed by atoms with Gasteiger partial charge in [-0.15, -0.1) is 11.3 Å². The van der Waals surface area contributed by atoms with Gasteiger partial charge < -0.3 is 5.32 Å². The van der Waals surface area contributed by atoms with Crippen LogP contribution in [0.4, 0.5) is 4.39 Å². The van der Waals surface area contributed by atoms with Crippen LogP contribution in [0.15, 0.2) is 30.3 Å². The summed E-state index contributed by atoms with van der Waals surface area (Å²) in [6.45, 7) is 4.99. The predicted molar refractivity (Wildman–Crippen MR) is 80.6 cm³/mol. The zero-order valence-corrected chi connectivity index (χ0v) is 12.6. The molecule has 19 heavy (non-hydrogen) atoms. The highest BCUT2D eigenvalue weighted by Gasteiger charge is 2.16. The molecule has 0 aliphatic carbocycles. The molecule has 0 aliphatic rings. The van der Waals surface area contributed by atoms with E-state index in [1.54, 1.807) is 29.5 Å². The summed E-state index contributed by atoms with van der Waals surface area (Å²) >= 11 is 7.58. The lowest BCUT2D eigenvalue weighted by Crippen LogP contribution is -2.22. The Morgan fingerprint density at radius 3 is 2.74 bits per heavy atom. The maximum Gasteiger partial charge on any atom is 0.145 e. The molecule has 2 aromatic rings. The molecule has 2 rings (SSSR count). The molecule has 0 bridgehead atoms. The summed E-state index contributed by atoms with van der Waals surface area (Å²) in [5.74, 6) is -0.305. The van der Waals surface area contributed by atoms with Gasteiger partial charge in [0.05, 0.1) is 5.02 Å². The minimum absolute atomic E-state index is 0.136. The van der Waals surface area contributed by atoms with Crippen LogP contribution in [0.25, 0.3) is 0 Å². The highest BCUT2D eigenvalue weighted by molar-refractivity contribution is 7.12. The molecule has 1 N–H and O–H groups in total. The number of thiophene rings is 1. The molecule has 1 heterocycles. The van der Waals surface area contributed by atoms with Gasteiger partial charge >= 0.3 is 0 Å². The van der Waals surface area contributed by atoms with Crippen LogP contribution in [-0.2, 0) is 6.42 Å². The zero-order chi connectivity index (χ0) is 13.8. The Balaban J connectivity index is 2.23. The molecular formula is C15H17ClFNS. The second-order valence-electron chi connectivity index (χ2n) is 4.48. The third-order valence-electron chi connectivity index (χ3n) is 3.01. The molecule has 1 unspecified atom stereocenters. The summed E-state index contributed by atoms with van der Waals surface area (Å²) in [5, 5.41) is 3.60. The molecule has 0 spiro atoms. The average Bonchev–Trinajstić information content (AvgIpc) is 2.81. The summed E-state index contributed by atoms with van der Waals surface area (Å²) in [6.07, 6.45) is 0.611. The van der Waals surface area contributed by atoms with Crippen molar-refractivity contribution >= 4 is 22.9 Å². The van der Waals surface area contributed by atoms with Crippen LogP contribution in [0.3, 0.4) is 0 Å². The van der Waals surface area contributed by atoms with Gasteiger partial charge in [-0.2, -0.15) is 0 Å². The largest absolute Gasteiger partial charge is 0.309 e. The van der Waals surface area contributed by atoms with E-state index >= 15 is 0 Å². The van der Waals surface area contributed by atoms with Gasteiger partial charge in [0.2, 0.25) is 0 Å². The van der Waals surface area contributed by atoms with E-state index in [4.69, 9.17) is 11.6 Å². The molecule has 1 nitrogen and oxygen atoms in total. The molecule has 0 saturated carbocycles. The number of likely N-dealkylation sites (N-methyl/N-ethyl adjacent to an activating group) is 1. The molecule has 4 heteroatoms. The molecule has 102 valence electrons. The van der Waals surface area contributed by atoms with Gasteiger partial charge in [0, 0.05) is 15.8 Å². The van der Waals surface area contributed by atoms with Crippen molar-refractivity contribution in [3.63, 3.8) is 0 Å². The number of nitrogens with one attached hydrogen (secondary N) is 1. The highest BCUT2D eigenvalue weighted by Crippen LogP contribution is 2.28. The summed E-state index contributed by atoms with van der Waals surface area (Å²) in [6, 6.07) is 9.51. The third-order valence-corrected chi connectivity index (χ3v) is 4.42. The average molecular weight is 298 g/mol. The fourth-order valence-corrected chi connectivity index (χ4v) is 3.23. The van der Waals surface area contributed by atoms with Crippen LogP contribution in [0.5, 0.6) is 0 Å². The Hall–Kier alpha value is -0.900. The van der Waals surface area contributed by atoms with Gasteiger partial charge in [0.15, 0.2) is 0 Å². The summed E-state index contributed by atoms with van der Waals surface area (Å²) < 4.78 is 14.0. The molecule has 0 saturated heterocycles. The first-order valence-corrected chi connectivity index (χ1v) is 7.54. The fraction of sp³-hybridized carbons (Fsp3) is 0.333. The van der Waals surface area contributed by atoms with E-state index in [0.29, 0.717) is 12.0 Å². The molecule has 0 fully saturated rings. The molecule has 1 aromatic carbocycles. The minimum atomic E-state index is -0.305. The first kappa shape index (κ1) is 14.5. The van der Waals surface area contributed by atoms with Gasteiger partial charge in [0.1, 0.15) is 5.82 Å². The summed E-state index contributed by atoms with van der Waals surface area (Å²) in [5.41, 5.74) is 0.657. The minimum Gasteiger partial charge on any atom is -0.309 e. The van der Waals surface area contributed by atoms with Crippen molar-refractivity contribution < 1.29 is 4.39 Å². The van der Waals surface area contributed by atoms with Gasteiger partial charge in [-0.1, -0.05) is 30.7 Å². The third kappa shape index (κ3) is 3.56. The summed E-state index contributed by atoms with van der Waals surface area (Å²) in [4.78, 5) is 2.50. The normalized spacial score (nSPS) is 12.6. The second kappa shape index (κ2) is 6.51. The Bertz CT molecular complexity index is 553. The molecular weight excluding hydrogens is 281 g/mol.